The van der Waals surface area contributed by atoms with E-state index in [0.29, 0.717) is 11.8 Å². The van der Waals surface area contributed by atoms with E-state index in [9.17, 15) is 0 Å². The topological polar surface area (TPSA) is 25.8 Å². The van der Waals surface area contributed by atoms with Crippen LogP contribution >= 0.6 is 0 Å². The van der Waals surface area contributed by atoms with Crippen molar-refractivity contribution >= 4 is 6.08 Å². The number of fused-ring (bicyclic) bond motifs is 1. The summed E-state index contributed by atoms with van der Waals surface area (Å²) in [5.74, 6) is 1.32. The van der Waals surface area contributed by atoms with Crippen LogP contribution in [0.25, 0.3) is 6.08 Å². The van der Waals surface area contributed by atoms with Crippen LogP contribution in [0, 0.1) is 11.8 Å². The van der Waals surface area contributed by atoms with Crippen LogP contribution in [0.15, 0.2) is 18.5 Å². The van der Waals surface area contributed by atoms with E-state index in [1.807, 2.05) is 0 Å². The van der Waals surface area contributed by atoms with Crippen molar-refractivity contribution in [3.63, 3.8) is 0 Å². The lowest BCUT2D eigenvalue weighted by Crippen LogP contribution is -2.14. The summed E-state index contributed by atoms with van der Waals surface area (Å²) in [6, 6.07) is 0. The molecule has 0 saturated heterocycles. The average molecular weight is 174 g/mol. The first-order chi connectivity index (χ1) is 6.27. The number of aromatic nitrogens is 2. The molecule has 1 aliphatic rings. The van der Waals surface area contributed by atoms with Crippen LogP contribution in [0.1, 0.15) is 25.2 Å². The second kappa shape index (κ2) is 3.29. The molecule has 1 aliphatic carbocycles. The van der Waals surface area contributed by atoms with E-state index in [1.54, 1.807) is 12.4 Å². The maximum atomic E-state index is 4.34. The first-order valence-electron chi connectivity index (χ1n) is 4.75. The van der Waals surface area contributed by atoms with Crippen molar-refractivity contribution in [1.29, 1.82) is 0 Å². The van der Waals surface area contributed by atoms with Crippen LogP contribution < -0.4 is 0 Å². The summed E-state index contributed by atoms with van der Waals surface area (Å²) in [6.07, 6.45) is 8.91. The van der Waals surface area contributed by atoms with Gasteiger partial charge in [0.1, 0.15) is 0 Å². The molecule has 0 saturated carbocycles. The molecule has 1 aromatic rings. The summed E-state index contributed by atoms with van der Waals surface area (Å²) in [5.41, 5.74) is 2.18. The second-order valence-corrected chi connectivity index (χ2v) is 3.86. The van der Waals surface area contributed by atoms with Gasteiger partial charge in [-0.25, -0.2) is 0 Å². The number of hydrogen-bond donors (Lipinski definition) is 0. The lowest BCUT2D eigenvalue weighted by atomic mass is 9.87. The Balaban J connectivity index is 2.29. The zero-order valence-electron chi connectivity index (χ0n) is 8.07. The molecule has 0 amide bonds. The Morgan fingerprint density at radius 1 is 1.31 bits per heavy atom. The van der Waals surface area contributed by atoms with E-state index in [4.69, 9.17) is 0 Å². The van der Waals surface area contributed by atoms with Gasteiger partial charge in [0.2, 0.25) is 0 Å². The van der Waals surface area contributed by atoms with E-state index in [0.717, 1.165) is 17.8 Å². The summed E-state index contributed by atoms with van der Waals surface area (Å²) >= 11 is 0. The highest BCUT2D eigenvalue weighted by Crippen LogP contribution is 2.24. The Hall–Kier alpha value is -1.18. The number of allylic oxidation sites excluding steroid dienone is 1. The van der Waals surface area contributed by atoms with Crippen molar-refractivity contribution in [3.8, 4) is 0 Å². The fourth-order valence-electron chi connectivity index (χ4n) is 1.64. The minimum Gasteiger partial charge on any atom is -0.257 e. The van der Waals surface area contributed by atoms with Gasteiger partial charge in [0.25, 0.3) is 0 Å². The highest BCUT2D eigenvalue weighted by molar-refractivity contribution is 5.50. The molecule has 0 aliphatic heterocycles. The van der Waals surface area contributed by atoms with E-state index in [-0.39, 0.29) is 0 Å². The highest BCUT2D eigenvalue weighted by Gasteiger charge is 2.17. The zero-order chi connectivity index (χ0) is 9.26. The van der Waals surface area contributed by atoms with Gasteiger partial charge in [-0.2, -0.15) is 0 Å². The molecule has 0 N–H and O–H groups in total. The molecule has 2 heteroatoms. The molecule has 2 rings (SSSR count). The van der Waals surface area contributed by atoms with Crippen LogP contribution in [0.3, 0.4) is 0 Å². The van der Waals surface area contributed by atoms with Crippen molar-refractivity contribution in [3.05, 3.63) is 29.9 Å². The van der Waals surface area contributed by atoms with Gasteiger partial charge < -0.3 is 0 Å². The van der Waals surface area contributed by atoms with E-state index in [2.05, 4.69) is 36.0 Å². The van der Waals surface area contributed by atoms with Crippen LogP contribution in [0.4, 0.5) is 0 Å². The molecule has 2 nitrogen and oxygen atoms in total. The number of hydrogen-bond acceptors (Lipinski definition) is 2. The Labute approximate surface area is 78.7 Å². The Morgan fingerprint density at radius 3 is 2.85 bits per heavy atom. The molecule has 1 heterocycles. The lowest BCUT2D eigenvalue weighted by molar-refractivity contribution is 0.456. The van der Waals surface area contributed by atoms with Gasteiger partial charge >= 0.3 is 0 Å². The SMILES string of the molecule is CC(C)C1C=Cc2nccnc2C1. The summed E-state index contributed by atoms with van der Waals surface area (Å²) in [7, 11) is 0. The number of rotatable bonds is 1. The quantitative estimate of drug-likeness (QED) is 0.653. The standard InChI is InChI=1S/C11H14N2/c1-8(2)9-3-4-10-11(7-9)13-6-5-12-10/h3-6,8-9H,7H2,1-2H3. The Bertz CT molecular complexity index is 329. The Kier molecular flexibility index (Phi) is 2.13. The van der Waals surface area contributed by atoms with Crippen molar-refractivity contribution in [2.75, 3.05) is 0 Å². The summed E-state index contributed by atoms with van der Waals surface area (Å²) < 4.78 is 0. The fourth-order valence-corrected chi connectivity index (χ4v) is 1.64. The third kappa shape index (κ3) is 1.62. The van der Waals surface area contributed by atoms with Crippen LogP contribution in [0.5, 0.6) is 0 Å². The van der Waals surface area contributed by atoms with Crippen LogP contribution in [-0.4, -0.2) is 9.97 Å². The molecule has 0 aromatic carbocycles. The van der Waals surface area contributed by atoms with Gasteiger partial charge in [0, 0.05) is 12.4 Å². The predicted molar refractivity (Wildman–Crippen MR) is 53.1 cm³/mol. The molecule has 0 spiro atoms. The minimum atomic E-state index is 0.629. The third-order valence-corrected chi connectivity index (χ3v) is 2.59. The minimum absolute atomic E-state index is 0.629. The van der Waals surface area contributed by atoms with Crippen molar-refractivity contribution in [2.24, 2.45) is 11.8 Å². The molecular weight excluding hydrogens is 160 g/mol. The molecule has 1 unspecified atom stereocenters. The molecular formula is C11H14N2. The third-order valence-electron chi connectivity index (χ3n) is 2.59. The van der Waals surface area contributed by atoms with Crippen LogP contribution in [0.2, 0.25) is 0 Å². The van der Waals surface area contributed by atoms with Gasteiger partial charge in [0.05, 0.1) is 11.4 Å². The highest BCUT2D eigenvalue weighted by atomic mass is 14.8. The maximum Gasteiger partial charge on any atom is 0.0842 e. The van der Waals surface area contributed by atoms with Crippen molar-refractivity contribution in [1.82, 2.24) is 9.97 Å². The molecule has 13 heavy (non-hydrogen) atoms. The van der Waals surface area contributed by atoms with Crippen molar-refractivity contribution in [2.45, 2.75) is 20.3 Å². The van der Waals surface area contributed by atoms with Gasteiger partial charge in [-0.3, -0.25) is 9.97 Å². The molecule has 0 radical (unpaired) electrons. The lowest BCUT2D eigenvalue weighted by Gasteiger charge is -2.20. The zero-order valence-corrected chi connectivity index (χ0v) is 8.07. The number of nitrogens with zero attached hydrogens (tertiary/aromatic N) is 2. The summed E-state index contributed by atoms with van der Waals surface area (Å²) in [5, 5.41) is 0. The summed E-state index contributed by atoms with van der Waals surface area (Å²) in [4.78, 5) is 8.60. The molecule has 0 fully saturated rings. The molecule has 1 aromatic heterocycles. The monoisotopic (exact) mass is 174 g/mol. The molecule has 68 valence electrons. The smallest absolute Gasteiger partial charge is 0.0842 e. The molecule has 0 bridgehead atoms. The van der Waals surface area contributed by atoms with E-state index >= 15 is 0 Å². The van der Waals surface area contributed by atoms with Gasteiger partial charge in [-0.05, 0) is 24.3 Å². The first-order valence-corrected chi connectivity index (χ1v) is 4.75. The van der Waals surface area contributed by atoms with Gasteiger partial charge in [-0.1, -0.05) is 19.9 Å². The van der Waals surface area contributed by atoms with E-state index in [1.165, 1.54) is 0 Å². The van der Waals surface area contributed by atoms with Crippen molar-refractivity contribution < 1.29 is 0 Å². The normalized spacial score (nSPS) is 20.4. The van der Waals surface area contributed by atoms with Gasteiger partial charge in [0.15, 0.2) is 0 Å². The predicted octanol–water partition coefficient (Wildman–Crippen LogP) is 2.32. The van der Waals surface area contributed by atoms with E-state index < -0.39 is 0 Å². The van der Waals surface area contributed by atoms with Gasteiger partial charge in [-0.15, -0.1) is 0 Å². The maximum absolute atomic E-state index is 4.34. The largest absolute Gasteiger partial charge is 0.257 e. The fraction of sp³-hybridized carbons (Fsp3) is 0.455. The first kappa shape index (κ1) is 8.42. The average Bonchev–Trinajstić information content (AvgIpc) is 2.17. The molecule has 1 atom stereocenters. The Morgan fingerprint density at radius 2 is 2.08 bits per heavy atom. The second-order valence-electron chi connectivity index (χ2n) is 3.86. The summed E-state index contributed by atoms with van der Waals surface area (Å²) in [6.45, 7) is 4.49. The van der Waals surface area contributed by atoms with Crippen LogP contribution in [-0.2, 0) is 6.42 Å².